The van der Waals surface area contributed by atoms with Crippen LogP contribution in [-0.4, -0.2) is 25.8 Å². The second-order valence-corrected chi connectivity index (χ2v) is 6.73. The number of rotatable bonds is 5. The fourth-order valence-electron chi connectivity index (χ4n) is 2.80. The van der Waals surface area contributed by atoms with Crippen LogP contribution in [0.1, 0.15) is 5.56 Å². The maximum absolute atomic E-state index is 12.3. The van der Waals surface area contributed by atoms with Crippen molar-refractivity contribution in [2.75, 3.05) is 5.32 Å². The van der Waals surface area contributed by atoms with Gasteiger partial charge in [-0.05, 0) is 35.9 Å². The Bertz CT molecular complexity index is 1280. The molecule has 148 valence electrons. The summed E-state index contributed by atoms with van der Waals surface area (Å²) < 4.78 is 0. The summed E-state index contributed by atoms with van der Waals surface area (Å²) in [6.45, 7) is 0. The Morgan fingerprint density at radius 1 is 1.03 bits per heavy atom. The molecule has 0 aliphatic rings. The first-order valence-corrected chi connectivity index (χ1v) is 9.23. The second kappa shape index (κ2) is 8.14. The van der Waals surface area contributed by atoms with Crippen LogP contribution >= 0.6 is 11.6 Å². The molecule has 0 bridgehead atoms. The summed E-state index contributed by atoms with van der Waals surface area (Å²) in [7, 11) is 0. The zero-order valence-corrected chi connectivity index (χ0v) is 16.2. The Hall–Kier alpha value is -4.04. The molecule has 8 nitrogen and oxygen atoms in total. The predicted molar refractivity (Wildman–Crippen MR) is 115 cm³/mol. The van der Waals surface area contributed by atoms with E-state index in [1.54, 1.807) is 24.3 Å². The number of carbonyl (C=O) groups is 1. The molecule has 0 fully saturated rings. The molecule has 0 spiro atoms. The maximum Gasteiger partial charge on any atom is 0.270 e. The number of nitrogens with zero attached hydrogens (tertiary/aromatic N) is 4. The van der Waals surface area contributed by atoms with Crippen LogP contribution in [0.5, 0.6) is 0 Å². The van der Waals surface area contributed by atoms with Gasteiger partial charge in [-0.15, -0.1) is 10.2 Å². The highest BCUT2D eigenvalue weighted by Crippen LogP contribution is 2.27. The van der Waals surface area contributed by atoms with Gasteiger partial charge in [0, 0.05) is 18.2 Å². The van der Waals surface area contributed by atoms with Crippen molar-refractivity contribution in [1.29, 1.82) is 0 Å². The molecular formula is C21H14ClN5O3. The molecule has 1 amide bonds. The molecule has 9 heteroatoms. The fourth-order valence-corrected chi connectivity index (χ4v) is 3.00. The lowest BCUT2D eigenvalue weighted by atomic mass is 10.2. The van der Waals surface area contributed by atoms with Crippen LogP contribution in [0.15, 0.2) is 72.8 Å². The molecular weight excluding hydrogens is 406 g/mol. The third kappa shape index (κ3) is 4.18. The van der Waals surface area contributed by atoms with Gasteiger partial charge in [0.05, 0.1) is 21.3 Å². The molecule has 0 saturated carbocycles. The molecule has 4 rings (SSSR count). The first kappa shape index (κ1) is 19.3. The highest BCUT2D eigenvalue weighted by molar-refractivity contribution is 6.34. The van der Waals surface area contributed by atoms with Crippen LogP contribution in [0.4, 0.5) is 11.4 Å². The number of benzene rings is 3. The fraction of sp³-hybridized carbons (Fsp3) is 0. The van der Waals surface area contributed by atoms with Gasteiger partial charge in [-0.1, -0.05) is 41.9 Å². The number of non-ortho nitro benzene ring substituents is 1. The summed E-state index contributed by atoms with van der Waals surface area (Å²) in [5.74, 6) is -0.432. The van der Waals surface area contributed by atoms with E-state index in [0.29, 0.717) is 27.3 Å². The van der Waals surface area contributed by atoms with E-state index in [1.807, 2.05) is 30.3 Å². The molecule has 0 saturated heterocycles. The molecule has 1 heterocycles. The minimum absolute atomic E-state index is 0.0486. The largest absolute Gasteiger partial charge is 0.321 e. The molecule has 1 aromatic heterocycles. The number of amides is 1. The van der Waals surface area contributed by atoms with E-state index in [2.05, 4.69) is 15.5 Å². The van der Waals surface area contributed by atoms with Crippen molar-refractivity contribution in [3.63, 3.8) is 0 Å². The van der Waals surface area contributed by atoms with Gasteiger partial charge in [0.15, 0.2) is 0 Å². The summed E-state index contributed by atoms with van der Waals surface area (Å²) >= 11 is 6.28. The molecule has 1 N–H and O–H groups in total. The Balaban J connectivity index is 1.54. The highest BCUT2D eigenvalue weighted by Gasteiger charge is 2.11. The van der Waals surface area contributed by atoms with E-state index in [9.17, 15) is 14.9 Å². The summed E-state index contributed by atoms with van der Waals surface area (Å²) in [4.78, 5) is 24.1. The van der Waals surface area contributed by atoms with Gasteiger partial charge in [-0.3, -0.25) is 14.9 Å². The number of carbonyl (C=O) groups excluding carboxylic acids is 1. The van der Waals surface area contributed by atoms with E-state index in [-0.39, 0.29) is 5.69 Å². The third-order valence-electron chi connectivity index (χ3n) is 4.22. The molecule has 0 unspecified atom stereocenters. The Morgan fingerprint density at radius 2 is 1.77 bits per heavy atom. The zero-order valence-electron chi connectivity index (χ0n) is 15.4. The minimum atomic E-state index is -0.491. The summed E-state index contributed by atoms with van der Waals surface area (Å²) in [6, 6.07) is 18.7. The quantitative estimate of drug-likeness (QED) is 0.288. The van der Waals surface area contributed by atoms with Gasteiger partial charge in [-0.25, -0.2) is 0 Å². The van der Waals surface area contributed by atoms with E-state index in [0.717, 1.165) is 5.69 Å². The van der Waals surface area contributed by atoms with Crippen molar-refractivity contribution in [2.24, 2.45) is 0 Å². The summed E-state index contributed by atoms with van der Waals surface area (Å²) in [6.07, 6.45) is 2.76. The van der Waals surface area contributed by atoms with Gasteiger partial charge in [-0.2, -0.15) is 4.80 Å². The average molecular weight is 420 g/mol. The van der Waals surface area contributed by atoms with Crippen molar-refractivity contribution in [1.82, 2.24) is 15.0 Å². The van der Waals surface area contributed by atoms with Crippen LogP contribution in [0.25, 0.3) is 22.8 Å². The summed E-state index contributed by atoms with van der Waals surface area (Å²) in [5.41, 5.74) is 2.84. The van der Waals surface area contributed by atoms with Gasteiger partial charge >= 0.3 is 0 Å². The van der Waals surface area contributed by atoms with Gasteiger partial charge in [0.1, 0.15) is 11.0 Å². The predicted octanol–water partition coefficient (Wildman–Crippen LogP) is 4.63. The molecule has 4 aromatic rings. The summed E-state index contributed by atoms with van der Waals surface area (Å²) in [5, 5.41) is 22.7. The number of halogens is 1. The van der Waals surface area contributed by atoms with Gasteiger partial charge in [0.25, 0.3) is 5.69 Å². The number of anilines is 1. The molecule has 0 atom stereocenters. The molecule has 0 radical (unpaired) electrons. The van der Waals surface area contributed by atoms with E-state index in [1.165, 1.54) is 29.1 Å². The lowest BCUT2D eigenvalue weighted by Crippen LogP contribution is -2.08. The molecule has 30 heavy (non-hydrogen) atoms. The Morgan fingerprint density at radius 3 is 2.50 bits per heavy atom. The minimum Gasteiger partial charge on any atom is -0.321 e. The van der Waals surface area contributed by atoms with Crippen LogP contribution in [-0.2, 0) is 4.79 Å². The number of nitro groups is 1. The zero-order chi connectivity index (χ0) is 21.1. The van der Waals surface area contributed by atoms with E-state index in [4.69, 9.17) is 11.6 Å². The number of nitro benzene ring substituents is 1. The van der Waals surface area contributed by atoms with Crippen LogP contribution in [0.3, 0.4) is 0 Å². The van der Waals surface area contributed by atoms with Crippen LogP contribution in [0.2, 0.25) is 5.02 Å². The van der Waals surface area contributed by atoms with Crippen molar-refractivity contribution in [3.05, 3.63) is 93.5 Å². The van der Waals surface area contributed by atoms with E-state index < -0.39 is 10.8 Å². The Kier molecular flexibility index (Phi) is 5.23. The first-order chi connectivity index (χ1) is 14.5. The maximum atomic E-state index is 12.3. The highest BCUT2D eigenvalue weighted by atomic mass is 35.5. The lowest BCUT2D eigenvalue weighted by molar-refractivity contribution is -0.384. The molecule has 0 aliphatic heterocycles. The number of para-hydroxylation sites is 1. The van der Waals surface area contributed by atoms with Gasteiger partial charge in [0.2, 0.25) is 5.91 Å². The normalized spacial score (nSPS) is 11.1. The number of fused-ring (bicyclic) bond motifs is 1. The molecule has 3 aromatic carbocycles. The standard InChI is InChI=1S/C21H14ClN5O3/c22-17-12-19-20(25-26(24-19)15-6-2-1-3-7-15)13-18(17)23-21(28)10-9-14-5-4-8-16(11-14)27(29)30/h1-13H,(H,23,28)/b10-9+. The smallest absolute Gasteiger partial charge is 0.270 e. The van der Waals surface area contributed by atoms with E-state index >= 15 is 0 Å². The first-order valence-electron chi connectivity index (χ1n) is 8.85. The van der Waals surface area contributed by atoms with Gasteiger partial charge < -0.3 is 5.32 Å². The average Bonchev–Trinajstić information content (AvgIpc) is 3.16. The SMILES string of the molecule is O=C(/C=C/c1cccc([N+](=O)[O-])c1)Nc1cc2nn(-c3ccccc3)nc2cc1Cl. The second-order valence-electron chi connectivity index (χ2n) is 6.32. The monoisotopic (exact) mass is 419 g/mol. The van der Waals surface area contributed by atoms with Crippen molar-refractivity contribution in [3.8, 4) is 5.69 Å². The number of hydrogen-bond donors (Lipinski definition) is 1. The van der Waals surface area contributed by atoms with Crippen molar-refractivity contribution >= 4 is 46.0 Å². The topological polar surface area (TPSA) is 103 Å². The van der Waals surface area contributed by atoms with Crippen LogP contribution < -0.4 is 5.32 Å². The lowest BCUT2D eigenvalue weighted by Gasteiger charge is -2.04. The number of hydrogen-bond acceptors (Lipinski definition) is 5. The van der Waals surface area contributed by atoms with Crippen molar-refractivity contribution < 1.29 is 9.72 Å². The molecule has 0 aliphatic carbocycles. The van der Waals surface area contributed by atoms with Crippen molar-refractivity contribution in [2.45, 2.75) is 0 Å². The van der Waals surface area contributed by atoms with Crippen LogP contribution in [0, 0.1) is 10.1 Å². The Labute approximate surface area is 175 Å². The third-order valence-corrected chi connectivity index (χ3v) is 4.54. The number of aromatic nitrogens is 3. The number of nitrogens with one attached hydrogen (secondary N) is 1.